The van der Waals surface area contributed by atoms with Gasteiger partial charge in [0, 0.05) is 34.0 Å². The van der Waals surface area contributed by atoms with E-state index in [0.29, 0.717) is 53.1 Å². The summed E-state index contributed by atoms with van der Waals surface area (Å²) in [5, 5.41) is 7.09. The molecule has 0 radical (unpaired) electrons. The molecule has 0 spiro atoms. The highest BCUT2D eigenvalue weighted by atomic mass is 19.1. The Kier molecular flexibility index (Phi) is 9.20. The molecule has 0 unspecified atom stereocenters. The summed E-state index contributed by atoms with van der Waals surface area (Å²) in [6, 6.07) is 7.76. The molecular weight excluding hydrogens is 598 g/mol. The van der Waals surface area contributed by atoms with Crippen molar-refractivity contribution in [2.24, 2.45) is 0 Å². The van der Waals surface area contributed by atoms with Gasteiger partial charge in [-0.25, -0.2) is 23.1 Å². The summed E-state index contributed by atoms with van der Waals surface area (Å²) < 4.78 is 47.7. The van der Waals surface area contributed by atoms with Crippen LogP contribution in [0.5, 0.6) is 5.75 Å². The lowest BCUT2D eigenvalue weighted by molar-refractivity contribution is -0.166. The molecule has 2 aromatic carbocycles. The predicted molar refractivity (Wildman–Crippen MR) is 165 cm³/mol. The Bertz CT molecular complexity index is 1830. The number of amides is 1. The summed E-state index contributed by atoms with van der Waals surface area (Å²) in [6.07, 6.45) is 0.0233. The van der Waals surface area contributed by atoms with Crippen molar-refractivity contribution in [1.82, 2.24) is 19.9 Å². The molecule has 0 saturated heterocycles. The van der Waals surface area contributed by atoms with Gasteiger partial charge in [0.05, 0.1) is 31.1 Å². The molecule has 10 nitrogen and oxygen atoms in total. The Hall–Kier alpha value is -4.71. The molecule has 2 aromatic heterocycles. The minimum absolute atomic E-state index is 0.0685. The van der Waals surface area contributed by atoms with Crippen LogP contribution in [-0.4, -0.2) is 57.6 Å². The van der Waals surface area contributed by atoms with E-state index >= 15 is 4.39 Å². The van der Waals surface area contributed by atoms with Gasteiger partial charge in [-0.05, 0) is 90.3 Å². The highest BCUT2D eigenvalue weighted by Crippen LogP contribution is 2.41. The van der Waals surface area contributed by atoms with Crippen molar-refractivity contribution in [2.45, 2.75) is 66.1 Å². The van der Waals surface area contributed by atoms with Gasteiger partial charge in [-0.15, -0.1) is 0 Å². The van der Waals surface area contributed by atoms with Crippen LogP contribution in [0.1, 0.15) is 83.5 Å². The lowest BCUT2D eigenvalue weighted by Crippen LogP contribution is -2.30. The molecule has 12 heteroatoms. The van der Waals surface area contributed by atoms with Crippen molar-refractivity contribution in [2.75, 3.05) is 19.8 Å². The zero-order valence-electron chi connectivity index (χ0n) is 26.6. The van der Waals surface area contributed by atoms with Gasteiger partial charge in [0.1, 0.15) is 5.82 Å². The van der Waals surface area contributed by atoms with Crippen molar-refractivity contribution >= 4 is 23.3 Å². The zero-order valence-corrected chi connectivity index (χ0v) is 26.6. The van der Waals surface area contributed by atoms with Crippen molar-refractivity contribution in [3.63, 3.8) is 0 Å². The molecule has 4 aromatic rings. The van der Waals surface area contributed by atoms with Crippen LogP contribution in [-0.2, 0) is 20.7 Å². The Balaban J connectivity index is 1.67. The molecule has 0 fully saturated rings. The van der Waals surface area contributed by atoms with Crippen LogP contribution in [0.3, 0.4) is 0 Å². The zero-order chi connectivity index (χ0) is 33.3. The average molecular weight is 635 g/mol. The van der Waals surface area contributed by atoms with Crippen molar-refractivity contribution in [3.05, 3.63) is 81.7 Å². The number of fused-ring (bicyclic) bond motifs is 2. The monoisotopic (exact) mass is 634 g/mol. The number of hydrogen-bond acceptors (Lipinski definition) is 8. The molecular formula is C34H36F2N4O6. The summed E-state index contributed by atoms with van der Waals surface area (Å²) in [7, 11) is 0. The highest BCUT2D eigenvalue weighted by Gasteiger charge is 2.36. The quantitative estimate of drug-likeness (QED) is 0.185. The summed E-state index contributed by atoms with van der Waals surface area (Å²) in [4.78, 5) is 44.0. The van der Waals surface area contributed by atoms with Crippen molar-refractivity contribution < 1.29 is 37.4 Å². The number of Topliss-reactive ketones (excluding diaryl/α,β-unsaturated/α-hetero) is 1. The summed E-state index contributed by atoms with van der Waals surface area (Å²) in [5.41, 5.74) is 2.44. The van der Waals surface area contributed by atoms with E-state index in [1.807, 2.05) is 6.92 Å². The smallest absolute Gasteiger partial charge is 0.340 e. The first-order valence-electron chi connectivity index (χ1n) is 15.1. The number of carbonyl (C=O) groups excluding carboxylic acids is 3. The average Bonchev–Trinajstić information content (AvgIpc) is 3.43. The number of ketones is 1. The van der Waals surface area contributed by atoms with Crippen molar-refractivity contribution in [1.29, 1.82) is 0 Å². The first-order valence-corrected chi connectivity index (χ1v) is 15.1. The van der Waals surface area contributed by atoms with Crippen LogP contribution in [0, 0.1) is 25.5 Å². The Morgan fingerprint density at radius 2 is 1.83 bits per heavy atom. The molecule has 0 aliphatic carbocycles. The minimum atomic E-state index is -1.27. The molecule has 1 amide bonds. The third kappa shape index (κ3) is 6.62. The first-order chi connectivity index (χ1) is 21.8. The summed E-state index contributed by atoms with van der Waals surface area (Å²) in [5.74, 6) is -2.61. The van der Waals surface area contributed by atoms with Gasteiger partial charge in [-0.2, -0.15) is 5.10 Å². The van der Waals surface area contributed by atoms with E-state index in [1.54, 1.807) is 34.6 Å². The highest BCUT2D eigenvalue weighted by molar-refractivity contribution is 6.02. The number of carbonyl (C=O) groups is 3. The third-order valence-electron chi connectivity index (χ3n) is 7.56. The molecule has 1 aliphatic heterocycles. The predicted octanol–water partition coefficient (Wildman–Crippen LogP) is 5.65. The van der Waals surface area contributed by atoms with Gasteiger partial charge < -0.3 is 19.5 Å². The number of hydrogen-bond donors (Lipinski definition) is 1. The van der Waals surface area contributed by atoms with E-state index in [0.717, 1.165) is 12.1 Å². The van der Waals surface area contributed by atoms with Crippen LogP contribution in [0.25, 0.3) is 16.9 Å². The van der Waals surface area contributed by atoms with E-state index in [4.69, 9.17) is 14.2 Å². The fourth-order valence-electron chi connectivity index (χ4n) is 5.51. The number of nitrogens with zero attached hydrogens (tertiary/aromatic N) is 3. The fourth-order valence-corrected chi connectivity index (χ4v) is 5.51. The maximum Gasteiger partial charge on any atom is 0.340 e. The molecule has 1 atom stereocenters. The lowest BCUT2D eigenvalue weighted by atomic mass is 9.91. The standard InChI is InChI=1S/C34H36F2N4O6/c1-7-44-33(43)31(46-34(4,5)6)28-19(3)38-27-16-25(32(42)37-17-26(41)20-10-12-21(35)13-11-20)39-40(27)29(28)23-15-24(36)30-22(18(23)2)9-8-14-45-30/h10-13,15-16,31H,7-9,14,17H2,1-6H3,(H,37,42)/t31-/m0/s1. The topological polar surface area (TPSA) is 121 Å². The van der Waals surface area contributed by atoms with Gasteiger partial charge in [0.2, 0.25) is 0 Å². The molecule has 3 heterocycles. The van der Waals surface area contributed by atoms with Crippen LogP contribution in [0.15, 0.2) is 36.4 Å². The van der Waals surface area contributed by atoms with E-state index < -0.39 is 41.0 Å². The van der Waals surface area contributed by atoms with E-state index in [2.05, 4.69) is 15.4 Å². The normalized spacial score (nSPS) is 13.6. The number of halogens is 2. The maximum atomic E-state index is 15.6. The number of aromatic nitrogens is 3. The lowest BCUT2D eigenvalue weighted by Gasteiger charge is -2.29. The largest absolute Gasteiger partial charge is 0.490 e. The summed E-state index contributed by atoms with van der Waals surface area (Å²) in [6.45, 7) is 10.7. The number of rotatable bonds is 9. The van der Waals surface area contributed by atoms with E-state index in [9.17, 15) is 18.8 Å². The summed E-state index contributed by atoms with van der Waals surface area (Å²) >= 11 is 0. The van der Waals surface area contributed by atoms with Gasteiger partial charge in [-0.1, -0.05) is 0 Å². The van der Waals surface area contributed by atoms with Gasteiger partial charge in [-0.3, -0.25) is 9.59 Å². The van der Waals surface area contributed by atoms with E-state index in [1.165, 1.54) is 28.8 Å². The second kappa shape index (κ2) is 13.0. The molecule has 0 saturated carbocycles. The number of benzene rings is 2. The second-order valence-electron chi connectivity index (χ2n) is 12.0. The number of ether oxygens (including phenoxy) is 3. The molecule has 242 valence electrons. The van der Waals surface area contributed by atoms with Gasteiger partial charge in [0.25, 0.3) is 5.91 Å². The minimum Gasteiger partial charge on any atom is -0.490 e. The Morgan fingerprint density at radius 3 is 2.50 bits per heavy atom. The maximum absolute atomic E-state index is 15.6. The number of esters is 1. The molecule has 0 bridgehead atoms. The van der Waals surface area contributed by atoms with Crippen LogP contribution in [0.2, 0.25) is 0 Å². The van der Waals surface area contributed by atoms with Gasteiger partial charge in [0.15, 0.2) is 34.8 Å². The SMILES string of the molecule is CCOC(=O)[C@@H](OC(C)(C)C)c1c(C)nc2cc(C(=O)NCC(=O)c3ccc(F)cc3)nn2c1-c1cc(F)c2c(c1C)CCCO2. The van der Waals surface area contributed by atoms with Crippen molar-refractivity contribution in [3.8, 4) is 17.0 Å². The molecule has 46 heavy (non-hydrogen) atoms. The van der Waals surface area contributed by atoms with Crippen LogP contribution < -0.4 is 10.1 Å². The first kappa shape index (κ1) is 32.7. The molecule has 1 N–H and O–H groups in total. The fraction of sp³-hybridized carbons (Fsp3) is 0.382. The van der Waals surface area contributed by atoms with Crippen LogP contribution >= 0.6 is 0 Å². The number of nitrogens with one attached hydrogen (secondary N) is 1. The number of aryl methyl sites for hydroxylation is 1. The van der Waals surface area contributed by atoms with E-state index in [-0.39, 0.29) is 35.8 Å². The molecule has 5 rings (SSSR count). The Morgan fingerprint density at radius 1 is 1.11 bits per heavy atom. The molecule has 1 aliphatic rings. The second-order valence-corrected chi connectivity index (χ2v) is 12.0. The van der Waals surface area contributed by atoms with Crippen LogP contribution in [0.4, 0.5) is 8.78 Å². The van der Waals surface area contributed by atoms with Gasteiger partial charge >= 0.3 is 5.97 Å². The Labute approximate surface area is 265 Å². The third-order valence-corrected chi connectivity index (χ3v) is 7.56.